The molecule has 2 aliphatic heterocycles. The quantitative estimate of drug-likeness (QED) is 0.454. The summed E-state index contributed by atoms with van der Waals surface area (Å²) in [6, 6.07) is 6.47. The number of rotatable bonds is 6. The molecule has 0 bridgehead atoms. The maximum absolute atomic E-state index is 14.0. The third-order valence-electron chi connectivity index (χ3n) is 10.2. The second-order valence-corrected chi connectivity index (χ2v) is 15.6. The van der Waals surface area contributed by atoms with Crippen molar-refractivity contribution >= 4 is 38.5 Å². The Kier molecular flexibility index (Phi) is 8.03. The van der Waals surface area contributed by atoms with Gasteiger partial charge in [-0.2, -0.15) is 0 Å². The van der Waals surface area contributed by atoms with Gasteiger partial charge < -0.3 is 19.7 Å². The molecule has 0 radical (unpaired) electrons. The topological polar surface area (TPSA) is 157 Å². The van der Waals surface area contributed by atoms with Gasteiger partial charge in [-0.05, 0) is 63.0 Å². The van der Waals surface area contributed by atoms with Crippen molar-refractivity contribution in [1.82, 2.24) is 25.1 Å². The second-order valence-electron chi connectivity index (χ2n) is 13.4. The Morgan fingerprint density at radius 2 is 1.78 bits per heavy atom. The van der Waals surface area contributed by atoms with E-state index in [0.717, 1.165) is 12.8 Å². The van der Waals surface area contributed by atoms with Gasteiger partial charge in [-0.3, -0.25) is 19.1 Å². The molecule has 45 heavy (non-hydrogen) atoms. The number of aromatic nitrogens is 2. The van der Waals surface area contributed by atoms with Crippen molar-refractivity contribution in [2.24, 2.45) is 17.8 Å². The Labute approximate surface area is 263 Å². The molecule has 3 heterocycles. The van der Waals surface area contributed by atoms with E-state index in [2.05, 4.69) is 27.2 Å². The minimum absolute atomic E-state index is 0.0914. The highest BCUT2D eigenvalue weighted by atomic mass is 32.2. The highest BCUT2D eigenvalue weighted by molar-refractivity contribution is 7.91. The number of nitrogens with zero attached hydrogens (tertiary/aromatic N) is 3. The van der Waals surface area contributed by atoms with Gasteiger partial charge in [-0.1, -0.05) is 38.1 Å². The van der Waals surface area contributed by atoms with Crippen LogP contribution in [-0.4, -0.2) is 77.3 Å². The van der Waals surface area contributed by atoms with E-state index in [1.165, 1.54) is 12.0 Å². The van der Waals surface area contributed by atoms with Gasteiger partial charge in [0.25, 0.3) is 5.91 Å². The molecule has 4 aliphatic rings. The SMILES string of the molecule is COc1nnc(O[C@@H]2C[C@H]3C(=O)N[C@]4(C(=O)NS(=O)(=O)C5(C)CC5)C[C@H]4/C=C\CC[C@H](C)[C@@H](C)CC(=O)N3C2)c2ccccc12. The van der Waals surface area contributed by atoms with Crippen molar-refractivity contribution < 1.29 is 32.3 Å². The van der Waals surface area contributed by atoms with Crippen LogP contribution in [-0.2, 0) is 24.4 Å². The van der Waals surface area contributed by atoms with E-state index in [1.807, 2.05) is 43.3 Å². The van der Waals surface area contributed by atoms with Crippen LogP contribution in [0.1, 0.15) is 65.7 Å². The average molecular weight is 640 g/mol. The normalized spacial score (nSPS) is 32.0. The molecule has 2 aromatic rings. The Balaban J connectivity index is 1.29. The Morgan fingerprint density at radius 3 is 2.47 bits per heavy atom. The van der Waals surface area contributed by atoms with Gasteiger partial charge in [0.1, 0.15) is 17.7 Å². The van der Waals surface area contributed by atoms with Crippen molar-refractivity contribution in [3.05, 3.63) is 36.4 Å². The molecule has 3 amide bonds. The lowest BCUT2D eigenvalue weighted by atomic mass is 9.88. The molecule has 1 saturated heterocycles. The second kappa shape index (κ2) is 11.6. The zero-order valence-electron chi connectivity index (χ0n) is 26.1. The van der Waals surface area contributed by atoms with Crippen molar-refractivity contribution in [2.45, 2.75) is 88.1 Å². The highest BCUT2D eigenvalue weighted by Crippen LogP contribution is 2.47. The zero-order valence-corrected chi connectivity index (χ0v) is 26.9. The molecule has 1 aromatic heterocycles. The predicted octanol–water partition coefficient (Wildman–Crippen LogP) is 2.87. The van der Waals surface area contributed by atoms with Crippen LogP contribution in [0.5, 0.6) is 11.8 Å². The number of carbonyl (C=O) groups excluding carboxylic acids is 3. The molecule has 3 fully saturated rings. The molecular formula is C32H41N5O7S. The van der Waals surface area contributed by atoms with Crippen LogP contribution in [0.4, 0.5) is 0 Å². The smallest absolute Gasteiger partial charge is 0.259 e. The number of benzene rings is 1. The fraction of sp³-hybridized carbons (Fsp3) is 0.594. The molecule has 13 heteroatoms. The number of fused-ring (bicyclic) bond motifs is 3. The third kappa shape index (κ3) is 5.86. The number of allylic oxidation sites excluding steroid dienone is 1. The summed E-state index contributed by atoms with van der Waals surface area (Å²) in [6.45, 7) is 5.92. The van der Waals surface area contributed by atoms with Gasteiger partial charge in [0.2, 0.25) is 33.6 Å². The number of hydrogen-bond donors (Lipinski definition) is 2. The van der Waals surface area contributed by atoms with E-state index in [4.69, 9.17) is 9.47 Å². The Bertz CT molecular complexity index is 1660. The fourth-order valence-corrected chi connectivity index (χ4v) is 7.73. The van der Waals surface area contributed by atoms with E-state index < -0.39 is 44.3 Å². The minimum atomic E-state index is -3.91. The van der Waals surface area contributed by atoms with Crippen molar-refractivity contribution in [3.63, 3.8) is 0 Å². The molecule has 0 unspecified atom stereocenters. The van der Waals surface area contributed by atoms with Crippen molar-refractivity contribution in [3.8, 4) is 11.8 Å². The number of methoxy groups -OCH3 is 1. The maximum atomic E-state index is 14.0. The monoisotopic (exact) mass is 639 g/mol. The van der Waals surface area contributed by atoms with Crippen LogP contribution in [0.2, 0.25) is 0 Å². The van der Waals surface area contributed by atoms with Gasteiger partial charge in [-0.15, -0.1) is 10.2 Å². The first kappa shape index (κ1) is 31.3. The zero-order chi connectivity index (χ0) is 32.1. The molecule has 6 atom stereocenters. The lowest BCUT2D eigenvalue weighted by molar-refractivity contribution is -0.140. The summed E-state index contributed by atoms with van der Waals surface area (Å²) in [5.41, 5.74) is -1.42. The van der Waals surface area contributed by atoms with Crippen molar-refractivity contribution in [1.29, 1.82) is 0 Å². The fourth-order valence-electron chi connectivity index (χ4n) is 6.42. The maximum Gasteiger partial charge on any atom is 0.259 e. The number of carbonyl (C=O) groups is 3. The number of nitrogens with one attached hydrogen (secondary N) is 2. The number of hydrogen-bond acceptors (Lipinski definition) is 9. The largest absolute Gasteiger partial charge is 0.479 e. The summed E-state index contributed by atoms with van der Waals surface area (Å²) in [5, 5.41) is 12.7. The first-order valence-corrected chi connectivity index (χ1v) is 17.2. The van der Waals surface area contributed by atoms with E-state index in [1.54, 1.807) is 6.92 Å². The molecule has 242 valence electrons. The van der Waals surface area contributed by atoms with Gasteiger partial charge in [0.15, 0.2) is 0 Å². The van der Waals surface area contributed by atoms with Crippen LogP contribution < -0.4 is 19.5 Å². The van der Waals surface area contributed by atoms with Gasteiger partial charge in [-0.25, -0.2) is 8.42 Å². The molecule has 2 saturated carbocycles. The van der Waals surface area contributed by atoms with E-state index >= 15 is 0 Å². The van der Waals surface area contributed by atoms with Gasteiger partial charge in [0.05, 0.1) is 29.2 Å². The van der Waals surface area contributed by atoms with E-state index in [9.17, 15) is 22.8 Å². The molecule has 12 nitrogen and oxygen atoms in total. The molecule has 1 aromatic carbocycles. The first-order valence-electron chi connectivity index (χ1n) is 15.7. The average Bonchev–Trinajstić information content (AvgIpc) is 3.89. The van der Waals surface area contributed by atoms with Gasteiger partial charge >= 0.3 is 0 Å². The van der Waals surface area contributed by atoms with Crippen LogP contribution in [0.3, 0.4) is 0 Å². The molecule has 2 N–H and O–H groups in total. The molecular weight excluding hydrogens is 598 g/mol. The van der Waals surface area contributed by atoms with Crippen LogP contribution >= 0.6 is 0 Å². The molecule has 0 spiro atoms. The summed E-state index contributed by atoms with van der Waals surface area (Å²) < 4.78 is 38.9. The van der Waals surface area contributed by atoms with Crippen LogP contribution in [0, 0.1) is 17.8 Å². The highest BCUT2D eigenvalue weighted by Gasteiger charge is 2.63. The van der Waals surface area contributed by atoms with Crippen LogP contribution in [0.15, 0.2) is 36.4 Å². The van der Waals surface area contributed by atoms with Crippen molar-refractivity contribution in [2.75, 3.05) is 13.7 Å². The van der Waals surface area contributed by atoms with Crippen LogP contribution in [0.25, 0.3) is 10.8 Å². The minimum Gasteiger partial charge on any atom is -0.479 e. The molecule has 2 aliphatic carbocycles. The first-order chi connectivity index (χ1) is 21.4. The third-order valence-corrected chi connectivity index (χ3v) is 12.4. The molecule has 6 rings (SSSR count). The van der Waals surface area contributed by atoms with E-state index in [-0.39, 0.29) is 55.3 Å². The summed E-state index contributed by atoms with van der Waals surface area (Å²) >= 11 is 0. The lowest BCUT2D eigenvalue weighted by Crippen LogP contribution is -2.57. The standard InChI is InChI=1S/C32H41N5O7S/c1-19-9-5-6-10-21-17-32(21,30(40)36-45(41,42)31(3)13-14-31)33-27(39)25-16-22(18-37(25)26(38)15-20(19)2)44-29-24-12-8-7-11-23(24)28(43-4)34-35-29/h6-8,10-12,19-22,25H,5,9,13-18H2,1-4H3,(H,33,39)(H,36,40)/b10-6-/t19-,20-,21+,22+,25-,32+/m0/s1. The number of ether oxygens (including phenoxy) is 2. The predicted molar refractivity (Wildman–Crippen MR) is 166 cm³/mol. The summed E-state index contributed by atoms with van der Waals surface area (Å²) in [6.07, 6.45) is 6.58. The number of amides is 3. The summed E-state index contributed by atoms with van der Waals surface area (Å²) in [5.74, 6) is -0.829. The summed E-state index contributed by atoms with van der Waals surface area (Å²) in [4.78, 5) is 42.9. The Morgan fingerprint density at radius 1 is 1.09 bits per heavy atom. The Hall–Kier alpha value is -3.74. The lowest BCUT2D eigenvalue weighted by Gasteiger charge is -2.29. The van der Waals surface area contributed by atoms with E-state index in [0.29, 0.717) is 29.5 Å². The summed E-state index contributed by atoms with van der Waals surface area (Å²) in [7, 11) is -2.40. The van der Waals surface area contributed by atoms with Gasteiger partial charge in [0, 0.05) is 18.8 Å². The number of sulfonamides is 1.